The fourth-order valence-corrected chi connectivity index (χ4v) is 4.12. The van der Waals surface area contributed by atoms with Crippen molar-refractivity contribution in [1.82, 2.24) is 0 Å². The summed E-state index contributed by atoms with van der Waals surface area (Å²) in [6.07, 6.45) is 4.13. The van der Waals surface area contributed by atoms with Crippen molar-refractivity contribution >= 4 is 17.3 Å². The quantitative estimate of drug-likeness (QED) is 0.420. The number of aromatic hydroxyl groups is 1. The first-order valence-electron chi connectivity index (χ1n) is 11.2. The lowest BCUT2D eigenvalue weighted by Gasteiger charge is -2.19. The zero-order valence-electron chi connectivity index (χ0n) is 19.4. The van der Waals surface area contributed by atoms with Gasteiger partial charge in [0.2, 0.25) is 5.91 Å². The summed E-state index contributed by atoms with van der Waals surface area (Å²) in [5.74, 6) is 0.762. The van der Waals surface area contributed by atoms with Crippen molar-refractivity contribution in [2.24, 2.45) is 5.73 Å². The molecule has 0 saturated heterocycles. The van der Waals surface area contributed by atoms with Gasteiger partial charge >= 0.3 is 0 Å². The maximum Gasteiger partial charge on any atom is 0.217 e. The summed E-state index contributed by atoms with van der Waals surface area (Å²) in [4.78, 5) is 10.6. The van der Waals surface area contributed by atoms with E-state index in [1.165, 1.54) is 41.3 Å². The molecule has 6 heteroatoms. The second-order valence-corrected chi connectivity index (χ2v) is 8.31. The van der Waals surface area contributed by atoms with Crippen molar-refractivity contribution in [3.8, 4) is 11.5 Å². The number of anilines is 2. The number of amides is 1. The number of rotatable bonds is 6. The Morgan fingerprint density at radius 2 is 1.94 bits per heavy atom. The molecule has 0 aromatic heterocycles. The third kappa shape index (κ3) is 6.65. The highest BCUT2D eigenvalue weighted by Crippen LogP contribution is 2.27. The van der Waals surface area contributed by atoms with Gasteiger partial charge in [-0.25, -0.2) is 0 Å². The number of nitrogen functional groups attached to an aromatic ring is 1. The molecule has 1 aliphatic rings. The lowest BCUT2D eigenvalue weighted by Crippen LogP contribution is -2.12. The highest BCUT2D eigenvalue weighted by Gasteiger charge is 2.10. The molecule has 174 valence electrons. The van der Waals surface area contributed by atoms with Gasteiger partial charge in [0.15, 0.2) is 0 Å². The topological polar surface area (TPSA) is 111 Å². The number of carbonyl (C=O) groups is 1. The molecule has 0 bridgehead atoms. The summed E-state index contributed by atoms with van der Waals surface area (Å²) in [5.41, 5.74) is 18.3. The Labute approximate surface area is 195 Å². The van der Waals surface area contributed by atoms with Crippen LogP contribution in [0.3, 0.4) is 0 Å². The molecule has 0 fully saturated rings. The highest BCUT2D eigenvalue weighted by molar-refractivity contribution is 5.74. The van der Waals surface area contributed by atoms with E-state index < -0.39 is 0 Å². The Balaban J connectivity index is 0.000000196. The van der Waals surface area contributed by atoms with Gasteiger partial charge in [0.25, 0.3) is 0 Å². The summed E-state index contributed by atoms with van der Waals surface area (Å²) >= 11 is 0. The van der Waals surface area contributed by atoms with E-state index in [2.05, 4.69) is 35.6 Å². The minimum Gasteiger partial charge on any atom is -0.508 e. The molecule has 4 rings (SSSR count). The summed E-state index contributed by atoms with van der Waals surface area (Å²) in [6.45, 7) is 2.94. The minimum atomic E-state index is -0.350. The maximum atomic E-state index is 10.6. The lowest BCUT2D eigenvalue weighted by molar-refractivity contribution is -0.117. The largest absolute Gasteiger partial charge is 0.508 e. The lowest BCUT2D eigenvalue weighted by atomic mass is 9.97. The summed E-state index contributed by atoms with van der Waals surface area (Å²) in [7, 11) is 1.73. The van der Waals surface area contributed by atoms with Crippen LogP contribution in [0.4, 0.5) is 11.4 Å². The van der Waals surface area contributed by atoms with Crippen molar-refractivity contribution in [3.05, 3.63) is 82.4 Å². The zero-order valence-corrected chi connectivity index (χ0v) is 19.4. The number of carbonyl (C=O) groups excluding carboxylic acids is 1. The molecule has 0 atom stereocenters. The monoisotopic (exact) mass is 447 g/mol. The fourth-order valence-electron chi connectivity index (χ4n) is 4.12. The van der Waals surface area contributed by atoms with Crippen LogP contribution in [0.25, 0.3) is 0 Å². The average Bonchev–Trinajstić information content (AvgIpc) is 2.79. The Morgan fingerprint density at radius 1 is 1.15 bits per heavy atom. The van der Waals surface area contributed by atoms with Crippen molar-refractivity contribution in [3.63, 3.8) is 0 Å². The number of nitrogens with two attached hydrogens (primary N) is 2. The number of aryl methyl sites for hydroxylation is 2. The number of methoxy groups -OCH3 is 1. The van der Waals surface area contributed by atoms with E-state index in [1.54, 1.807) is 13.2 Å². The van der Waals surface area contributed by atoms with Crippen molar-refractivity contribution in [2.75, 3.05) is 24.7 Å². The van der Waals surface area contributed by atoms with E-state index in [-0.39, 0.29) is 18.1 Å². The van der Waals surface area contributed by atoms with Crippen molar-refractivity contribution < 1.29 is 14.6 Å². The van der Waals surface area contributed by atoms with Crippen LogP contribution in [0.5, 0.6) is 11.5 Å². The average molecular weight is 448 g/mol. The fraction of sp³-hybridized carbons (Fsp3) is 0.296. The molecule has 0 saturated carbocycles. The van der Waals surface area contributed by atoms with Gasteiger partial charge in [-0.15, -0.1) is 0 Å². The van der Waals surface area contributed by atoms with E-state index in [0.29, 0.717) is 12.1 Å². The number of ether oxygens (including phenoxy) is 1. The molecule has 1 heterocycles. The van der Waals surface area contributed by atoms with E-state index in [9.17, 15) is 9.90 Å². The molecule has 33 heavy (non-hydrogen) atoms. The number of para-hydroxylation sites is 1. The zero-order chi connectivity index (χ0) is 23.8. The van der Waals surface area contributed by atoms with Crippen LogP contribution in [0.15, 0.2) is 54.6 Å². The standard InChI is InChI=1S/C17H19NO.C10H14N2O2/c1-19-17-7-3-2-5-15(17)12-13-8-9-16-14(11-13)6-4-10-18-16;1-6-4-7(13)5-9(11)8(6)2-3-10(12)14/h2-3,5,7-9,11,18H,4,6,10,12H2,1H3;4-5,13H,2-3,11H2,1H3,(H2,12,14). The van der Waals surface area contributed by atoms with Gasteiger partial charge in [-0.1, -0.05) is 30.3 Å². The third-order valence-corrected chi connectivity index (χ3v) is 5.81. The number of benzene rings is 3. The predicted octanol–water partition coefficient (Wildman–Crippen LogP) is 4.34. The maximum absolute atomic E-state index is 10.6. The number of nitrogens with one attached hydrogen (secondary N) is 1. The molecule has 1 aliphatic heterocycles. The van der Waals surface area contributed by atoms with Crippen molar-refractivity contribution in [1.29, 1.82) is 0 Å². The molecule has 3 aromatic rings. The molecular weight excluding hydrogens is 414 g/mol. The van der Waals surface area contributed by atoms with Gasteiger partial charge in [0.05, 0.1) is 7.11 Å². The summed E-state index contributed by atoms with van der Waals surface area (Å²) in [5, 5.41) is 12.7. The van der Waals surface area contributed by atoms with Gasteiger partial charge in [0, 0.05) is 36.8 Å². The van der Waals surface area contributed by atoms with Crippen LogP contribution in [0.1, 0.15) is 40.7 Å². The normalized spacial score (nSPS) is 12.1. The molecule has 6 N–H and O–H groups in total. The second-order valence-electron chi connectivity index (χ2n) is 8.31. The summed E-state index contributed by atoms with van der Waals surface area (Å²) < 4.78 is 5.42. The van der Waals surface area contributed by atoms with Crippen LogP contribution in [0, 0.1) is 6.92 Å². The van der Waals surface area contributed by atoms with Gasteiger partial charge in [0.1, 0.15) is 11.5 Å². The van der Waals surface area contributed by atoms with Crippen LogP contribution < -0.4 is 21.5 Å². The molecule has 0 radical (unpaired) electrons. The molecule has 0 aliphatic carbocycles. The molecule has 1 amide bonds. The first-order valence-corrected chi connectivity index (χ1v) is 11.2. The first-order chi connectivity index (χ1) is 15.9. The minimum absolute atomic E-state index is 0.142. The van der Waals surface area contributed by atoms with E-state index >= 15 is 0 Å². The molecular formula is C27H33N3O3. The van der Waals surface area contributed by atoms with Gasteiger partial charge in [-0.2, -0.15) is 0 Å². The third-order valence-electron chi connectivity index (χ3n) is 5.81. The van der Waals surface area contributed by atoms with Gasteiger partial charge in [-0.05, 0) is 72.2 Å². The van der Waals surface area contributed by atoms with Gasteiger partial charge < -0.3 is 26.6 Å². The second kappa shape index (κ2) is 11.3. The van der Waals surface area contributed by atoms with Crippen molar-refractivity contribution in [2.45, 2.75) is 39.0 Å². The van der Waals surface area contributed by atoms with Crippen LogP contribution in [-0.2, 0) is 24.1 Å². The Hall–Kier alpha value is -3.67. The van der Waals surface area contributed by atoms with E-state index in [1.807, 2.05) is 19.1 Å². The molecule has 0 unspecified atom stereocenters. The Morgan fingerprint density at radius 3 is 2.67 bits per heavy atom. The smallest absolute Gasteiger partial charge is 0.217 e. The number of fused-ring (bicyclic) bond motifs is 1. The highest BCUT2D eigenvalue weighted by atomic mass is 16.5. The first kappa shape index (κ1) is 24.0. The van der Waals surface area contributed by atoms with Crippen LogP contribution in [0.2, 0.25) is 0 Å². The molecule has 6 nitrogen and oxygen atoms in total. The van der Waals surface area contributed by atoms with Crippen LogP contribution in [-0.4, -0.2) is 24.7 Å². The number of hydrogen-bond donors (Lipinski definition) is 4. The molecule has 3 aromatic carbocycles. The molecule has 0 spiro atoms. The van der Waals surface area contributed by atoms with E-state index in [0.717, 1.165) is 29.8 Å². The summed E-state index contributed by atoms with van der Waals surface area (Å²) in [6, 6.07) is 18.1. The predicted molar refractivity (Wildman–Crippen MR) is 134 cm³/mol. The number of hydrogen-bond acceptors (Lipinski definition) is 5. The Bertz CT molecular complexity index is 1090. The van der Waals surface area contributed by atoms with Crippen LogP contribution >= 0.6 is 0 Å². The SMILES string of the molecule is COc1ccccc1Cc1ccc2c(c1)CCCN2.Cc1cc(O)cc(N)c1CCC(N)=O. The Kier molecular flexibility index (Phi) is 8.19. The number of primary amides is 1. The number of phenolic OH excluding ortho intramolecular Hbond substituents is 1. The van der Waals surface area contributed by atoms with E-state index in [4.69, 9.17) is 16.2 Å². The van der Waals surface area contributed by atoms with Gasteiger partial charge in [-0.3, -0.25) is 4.79 Å². The number of phenols is 1.